The van der Waals surface area contributed by atoms with Gasteiger partial charge in [0.1, 0.15) is 5.15 Å². The number of benzene rings is 1. The highest BCUT2D eigenvalue weighted by Crippen LogP contribution is 2.36. The minimum Gasteiger partial charge on any atom is -0.347 e. The molecule has 0 saturated heterocycles. The Hall–Kier alpha value is -2.50. The van der Waals surface area contributed by atoms with Crippen LogP contribution in [0.2, 0.25) is 5.15 Å². The van der Waals surface area contributed by atoms with Crippen LogP contribution in [0.25, 0.3) is 21.0 Å². The first kappa shape index (κ1) is 16.0. The van der Waals surface area contributed by atoms with Crippen LogP contribution < -0.4 is 5.32 Å². The zero-order valence-electron chi connectivity index (χ0n) is 13.4. The highest BCUT2D eigenvalue weighted by Gasteiger charge is 2.15. The minimum absolute atomic E-state index is 0.123. The van der Waals surface area contributed by atoms with Crippen molar-refractivity contribution in [3.05, 3.63) is 69.9 Å². The number of halogens is 1. The average Bonchev–Trinajstić information content (AvgIpc) is 3.08. The quantitative estimate of drug-likeness (QED) is 0.532. The predicted octanol–water partition coefficient (Wildman–Crippen LogP) is 4.74. The number of carbonyl (C=O) groups excluding carboxylic acids is 1. The van der Waals surface area contributed by atoms with Crippen molar-refractivity contribution in [1.29, 1.82) is 0 Å². The van der Waals surface area contributed by atoms with Gasteiger partial charge in [-0.25, -0.2) is 4.98 Å². The third-order valence-corrected chi connectivity index (χ3v) is 5.42. The Morgan fingerprint density at radius 3 is 2.92 bits per heavy atom. The number of carbonyl (C=O) groups is 1. The number of aromatic nitrogens is 2. The lowest BCUT2D eigenvalue weighted by atomic mass is 10.1. The Morgan fingerprint density at radius 1 is 1.24 bits per heavy atom. The van der Waals surface area contributed by atoms with E-state index in [0.717, 1.165) is 32.1 Å². The van der Waals surface area contributed by atoms with Gasteiger partial charge in [0, 0.05) is 34.4 Å². The van der Waals surface area contributed by atoms with Gasteiger partial charge in [0.2, 0.25) is 0 Å². The number of hydrogen-bond donors (Lipinski definition) is 1. The number of thiophene rings is 1. The molecule has 3 aromatic heterocycles. The summed E-state index contributed by atoms with van der Waals surface area (Å²) < 4.78 is 0.991. The average molecular weight is 368 g/mol. The van der Waals surface area contributed by atoms with Gasteiger partial charge in [-0.2, -0.15) is 0 Å². The molecule has 1 N–H and O–H groups in total. The smallest absolute Gasteiger partial charge is 0.261 e. The number of pyridine rings is 2. The number of nitrogens with zero attached hydrogens (tertiary/aromatic N) is 2. The van der Waals surface area contributed by atoms with Gasteiger partial charge in [-0.3, -0.25) is 9.78 Å². The molecule has 4 rings (SSSR count). The fraction of sp³-hybridized carbons (Fsp3) is 0.105. The summed E-state index contributed by atoms with van der Waals surface area (Å²) in [4.78, 5) is 21.6. The molecule has 0 aliphatic rings. The Balaban J connectivity index is 1.70. The van der Waals surface area contributed by atoms with Crippen molar-refractivity contribution >= 4 is 49.8 Å². The second-order valence-corrected chi connectivity index (χ2v) is 7.23. The molecule has 0 fully saturated rings. The molecule has 0 spiro atoms. The Kier molecular flexibility index (Phi) is 4.11. The van der Waals surface area contributed by atoms with Gasteiger partial charge >= 0.3 is 0 Å². The molecule has 124 valence electrons. The van der Waals surface area contributed by atoms with Gasteiger partial charge in [0.25, 0.3) is 5.91 Å². The van der Waals surface area contributed by atoms with Gasteiger partial charge in [-0.15, -0.1) is 11.3 Å². The van der Waals surface area contributed by atoms with Crippen molar-refractivity contribution < 1.29 is 4.79 Å². The van der Waals surface area contributed by atoms with Crippen LogP contribution in [0, 0.1) is 6.92 Å². The van der Waals surface area contributed by atoms with E-state index in [9.17, 15) is 4.79 Å². The maximum atomic E-state index is 12.5. The van der Waals surface area contributed by atoms with E-state index in [1.807, 2.05) is 37.3 Å². The Morgan fingerprint density at radius 2 is 2.12 bits per heavy atom. The van der Waals surface area contributed by atoms with Crippen molar-refractivity contribution in [2.45, 2.75) is 13.5 Å². The third kappa shape index (κ3) is 3.08. The molecule has 0 aliphatic heterocycles. The molecule has 0 aliphatic carbocycles. The molecule has 0 unspecified atom stereocenters. The lowest BCUT2D eigenvalue weighted by Gasteiger charge is -2.02. The van der Waals surface area contributed by atoms with E-state index in [1.165, 1.54) is 11.3 Å². The summed E-state index contributed by atoms with van der Waals surface area (Å²) in [7, 11) is 0. The number of rotatable bonds is 3. The molecule has 3 heterocycles. The molecule has 0 atom stereocenters. The van der Waals surface area contributed by atoms with Crippen molar-refractivity contribution in [2.24, 2.45) is 0 Å². The van der Waals surface area contributed by atoms with E-state index < -0.39 is 0 Å². The van der Waals surface area contributed by atoms with Crippen LogP contribution in [0.3, 0.4) is 0 Å². The lowest BCUT2D eigenvalue weighted by molar-refractivity contribution is 0.0955. The van der Waals surface area contributed by atoms with Crippen molar-refractivity contribution in [3.63, 3.8) is 0 Å². The van der Waals surface area contributed by atoms with Gasteiger partial charge in [-0.1, -0.05) is 29.3 Å². The number of fused-ring (bicyclic) bond motifs is 3. The highest BCUT2D eigenvalue weighted by atomic mass is 35.5. The van der Waals surface area contributed by atoms with Crippen LogP contribution in [-0.4, -0.2) is 15.9 Å². The molecule has 1 aromatic carbocycles. The number of hydrogen-bond acceptors (Lipinski definition) is 4. The normalized spacial score (nSPS) is 11.1. The number of aryl methyl sites for hydroxylation is 1. The first-order chi connectivity index (χ1) is 12.1. The zero-order valence-corrected chi connectivity index (χ0v) is 15.0. The standard InChI is InChI=1S/C19H14ClN3OS/c1-11-4-5-15-13(7-11)17-14(18(20)23-15)8-16(25-17)19(24)22-10-12-3-2-6-21-9-12/h2-9H,10H2,1H3,(H,22,24). The van der Waals surface area contributed by atoms with Crippen molar-refractivity contribution in [1.82, 2.24) is 15.3 Å². The molecule has 4 nitrogen and oxygen atoms in total. The maximum absolute atomic E-state index is 12.5. The van der Waals surface area contributed by atoms with Gasteiger partial charge in [0.05, 0.1) is 10.4 Å². The van der Waals surface area contributed by atoms with E-state index >= 15 is 0 Å². The SMILES string of the molecule is Cc1ccc2nc(Cl)c3cc(C(=O)NCc4cccnc4)sc3c2c1. The van der Waals surface area contributed by atoms with Crippen LogP contribution in [0.5, 0.6) is 0 Å². The van der Waals surface area contributed by atoms with Crippen LogP contribution in [0.4, 0.5) is 0 Å². The summed E-state index contributed by atoms with van der Waals surface area (Å²) in [5.74, 6) is -0.123. The molecule has 25 heavy (non-hydrogen) atoms. The lowest BCUT2D eigenvalue weighted by Crippen LogP contribution is -2.21. The molecule has 0 bridgehead atoms. The molecule has 1 amide bonds. The molecule has 4 aromatic rings. The van der Waals surface area contributed by atoms with Crippen molar-refractivity contribution in [2.75, 3.05) is 0 Å². The van der Waals surface area contributed by atoms with Crippen LogP contribution in [0.1, 0.15) is 20.8 Å². The molecule has 0 radical (unpaired) electrons. The fourth-order valence-electron chi connectivity index (χ4n) is 2.72. The molecular formula is C19H14ClN3OS. The largest absolute Gasteiger partial charge is 0.347 e. The summed E-state index contributed by atoms with van der Waals surface area (Å²) >= 11 is 7.76. The summed E-state index contributed by atoms with van der Waals surface area (Å²) in [6, 6.07) is 11.6. The van der Waals surface area contributed by atoms with E-state index in [4.69, 9.17) is 11.6 Å². The second-order valence-electron chi connectivity index (χ2n) is 5.82. The van der Waals surface area contributed by atoms with Crippen LogP contribution in [0.15, 0.2) is 48.8 Å². The fourth-order valence-corrected chi connectivity index (χ4v) is 4.12. The topological polar surface area (TPSA) is 54.9 Å². The summed E-state index contributed by atoms with van der Waals surface area (Å²) in [5.41, 5.74) is 2.94. The van der Waals surface area contributed by atoms with E-state index in [0.29, 0.717) is 16.6 Å². The summed E-state index contributed by atoms with van der Waals surface area (Å²) in [5, 5.41) is 5.19. The van der Waals surface area contributed by atoms with Crippen LogP contribution in [-0.2, 0) is 6.54 Å². The van der Waals surface area contributed by atoms with Gasteiger partial charge in [-0.05, 0) is 36.8 Å². The van der Waals surface area contributed by atoms with Gasteiger partial charge < -0.3 is 5.32 Å². The predicted molar refractivity (Wildman–Crippen MR) is 102 cm³/mol. The van der Waals surface area contributed by atoms with Gasteiger partial charge in [0.15, 0.2) is 0 Å². The minimum atomic E-state index is -0.123. The Labute approximate surface area is 153 Å². The highest BCUT2D eigenvalue weighted by molar-refractivity contribution is 7.21. The monoisotopic (exact) mass is 367 g/mol. The zero-order chi connectivity index (χ0) is 17.4. The second kappa shape index (κ2) is 6.43. The van der Waals surface area contributed by atoms with E-state index in [1.54, 1.807) is 12.4 Å². The third-order valence-electron chi connectivity index (χ3n) is 3.97. The van der Waals surface area contributed by atoms with Crippen LogP contribution >= 0.6 is 22.9 Å². The molecule has 0 saturated carbocycles. The van der Waals surface area contributed by atoms with E-state index in [2.05, 4.69) is 21.4 Å². The Bertz CT molecular complexity index is 1090. The first-order valence-electron chi connectivity index (χ1n) is 7.78. The number of nitrogens with one attached hydrogen (secondary N) is 1. The van der Waals surface area contributed by atoms with Crippen molar-refractivity contribution in [3.8, 4) is 0 Å². The van der Waals surface area contributed by atoms with E-state index in [-0.39, 0.29) is 5.91 Å². The molecular weight excluding hydrogens is 354 g/mol. The summed E-state index contributed by atoms with van der Waals surface area (Å²) in [6.07, 6.45) is 3.45. The maximum Gasteiger partial charge on any atom is 0.261 e. The molecule has 6 heteroatoms. The first-order valence-corrected chi connectivity index (χ1v) is 8.98. The summed E-state index contributed by atoms with van der Waals surface area (Å²) in [6.45, 7) is 2.47. The number of amides is 1.